The molecule has 1 saturated heterocycles. The van der Waals surface area contributed by atoms with Gasteiger partial charge in [-0.15, -0.1) is 0 Å². The summed E-state index contributed by atoms with van der Waals surface area (Å²) in [6, 6.07) is 15.9. The Morgan fingerprint density at radius 1 is 1.08 bits per heavy atom. The Balaban J connectivity index is 1.57. The van der Waals surface area contributed by atoms with Crippen LogP contribution in [0.3, 0.4) is 0 Å². The minimum atomic E-state index is 0.0677. The number of amides is 1. The summed E-state index contributed by atoms with van der Waals surface area (Å²) in [5.74, 6) is 1.70. The Morgan fingerprint density at radius 2 is 1.65 bits per heavy atom. The predicted molar refractivity (Wildman–Crippen MR) is 104 cm³/mol. The zero-order chi connectivity index (χ0) is 18.5. The molecule has 1 fully saturated rings. The molecule has 26 heavy (non-hydrogen) atoms. The molecule has 1 heterocycles. The van der Waals surface area contributed by atoms with Crippen molar-refractivity contribution < 1.29 is 14.3 Å². The molecular weight excluding hydrogens is 346 g/mol. The Bertz CT molecular complexity index is 771. The average molecular weight is 369 g/mol. The maximum atomic E-state index is 12.1. The highest BCUT2D eigenvalue weighted by molar-refractivity contribution is 8.14. The molecule has 3 rings (SSSR count). The van der Waals surface area contributed by atoms with Crippen molar-refractivity contribution in [1.29, 1.82) is 0 Å². The van der Waals surface area contributed by atoms with Crippen LogP contribution >= 0.6 is 11.8 Å². The minimum absolute atomic E-state index is 0.0677. The number of nitrogens with zero attached hydrogens (tertiary/aromatic N) is 1. The monoisotopic (exact) mass is 369 g/mol. The van der Waals surface area contributed by atoms with Crippen molar-refractivity contribution in [3.8, 4) is 11.5 Å². The summed E-state index contributed by atoms with van der Waals surface area (Å²) < 4.78 is 5.86. The van der Waals surface area contributed by atoms with Crippen molar-refractivity contribution in [3.63, 3.8) is 0 Å². The minimum Gasteiger partial charge on any atom is -0.457 e. The SMILES string of the molecule is CCc1ccc(Oc2ccc(CN3C[C@H](SC(C)=O)CC3=O)cc2)cc1. The highest BCUT2D eigenvalue weighted by atomic mass is 32.2. The van der Waals surface area contributed by atoms with Crippen LogP contribution in [-0.4, -0.2) is 27.7 Å². The molecule has 5 heteroatoms. The van der Waals surface area contributed by atoms with E-state index in [-0.39, 0.29) is 16.3 Å². The lowest BCUT2D eigenvalue weighted by Crippen LogP contribution is -2.24. The molecule has 1 aliphatic rings. The fraction of sp³-hybridized carbons (Fsp3) is 0.333. The summed E-state index contributed by atoms with van der Waals surface area (Å²) in [7, 11) is 0. The van der Waals surface area contributed by atoms with E-state index in [0.717, 1.165) is 23.5 Å². The van der Waals surface area contributed by atoms with Crippen molar-refractivity contribution in [1.82, 2.24) is 4.90 Å². The molecule has 1 amide bonds. The second kappa shape index (κ2) is 8.41. The first kappa shape index (κ1) is 18.5. The first-order chi connectivity index (χ1) is 12.5. The molecule has 0 unspecified atom stereocenters. The smallest absolute Gasteiger partial charge is 0.224 e. The molecule has 2 aromatic carbocycles. The molecule has 1 aliphatic heterocycles. The van der Waals surface area contributed by atoms with Gasteiger partial charge in [0.15, 0.2) is 5.12 Å². The number of thioether (sulfide) groups is 1. The van der Waals surface area contributed by atoms with Gasteiger partial charge in [0, 0.05) is 31.7 Å². The van der Waals surface area contributed by atoms with Crippen LogP contribution in [0.4, 0.5) is 0 Å². The van der Waals surface area contributed by atoms with Gasteiger partial charge in [0.25, 0.3) is 0 Å². The number of rotatable bonds is 6. The average Bonchev–Trinajstić information content (AvgIpc) is 2.95. The van der Waals surface area contributed by atoms with Gasteiger partial charge in [-0.25, -0.2) is 0 Å². The van der Waals surface area contributed by atoms with Gasteiger partial charge < -0.3 is 9.64 Å². The third-order valence-corrected chi connectivity index (χ3v) is 5.36. The first-order valence-corrected chi connectivity index (χ1v) is 9.72. The number of likely N-dealkylation sites (tertiary alicyclic amines) is 1. The van der Waals surface area contributed by atoms with Gasteiger partial charge in [-0.2, -0.15) is 0 Å². The van der Waals surface area contributed by atoms with Crippen molar-refractivity contribution >= 4 is 22.8 Å². The van der Waals surface area contributed by atoms with Gasteiger partial charge in [0.2, 0.25) is 5.91 Å². The summed E-state index contributed by atoms with van der Waals surface area (Å²) in [5.41, 5.74) is 2.34. The number of ether oxygens (including phenoxy) is 1. The molecule has 0 spiro atoms. The largest absolute Gasteiger partial charge is 0.457 e. The molecule has 0 aliphatic carbocycles. The molecule has 136 valence electrons. The fourth-order valence-electron chi connectivity index (χ4n) is 3.01. The maximum Gasteiger partial charge on any atom is 0.224 e. The van der Waals surface area contributed by atoms with Crippen LogP contribution in [0.1, 0.15) is 31.4 Å². The third-order valence-electron chi connectivity index (χ3n) is 4.38. The molecule has 0 bridgehead atoms. The van der Waals surface area contributed by atoms with Crippen LogP contribution < -0.4 is 4.74 Å². The maximum absolute atomic E-state index is 12.1. The zero-order valence-electron chi connectivity index (χ0n) is 15.1. The van der Waals surface area contributed by atoms with Gasteiger partial charge in [-0.1, -0.05) is 43.0 Å². The Kier molecular flexibility index (Phi) is 5.99. The van der Waals surface area contributed by atoms with Crippen LogP contribution in [0.2, 0.25) is 0 Å². The fourth-order valence-corrected chi connectivity index (χ4v) is 3.96. The summed E-state index contributed by atoms with van der Waals surface area (Å²) in [6.45, 7) is 4.87. The van der Waals surface area contributed by atoms with E-state index in [1.165, 1.54) is 17.3 Å². The third kappa shape index (κ3) is 4.88. The van der Waals surface area contributed by atoms with Crippen molar-refractivity contribution in [2.24, 2.45) is 0 Å². The molecule has 4 nitrogen and oxygen atoms in total. The van der Waals surface area contributed by atoms with Crippen molar-refractivity contribution in [2.75, 3.05) is 6.54 Å². The number of carbonyl (C=O) groups excluding carboxylic acids is 2. The summed E-state index contributed by atoms with van der Waals surface area (Å²) in [4.78, 5) is 25.1. The second-order valence-electron chi connectivity index (χ2n) is 6.45. The van der Waals surface area contributed by atoms with E-state index < -0.39 is 0 Å². The van der Waals surface area contributed by atoms with Gasteiger partial charge >= 0.3 is 0 Å². The van der Waals surface area contributed by atoms with Gasteiger partial charge in [-0.3, -0.25) is 9.59 Å². The second-order valence-corrected chi connectivity index (χ2v) is 7.93. The van der Waals surface area contributed by atoms with E-state index in [0.29, 0.717) is 19.5 Å². The Morgan fingerprint density at radius 3 is 2.19 bits per heavy atom. The lowest BCUT2D eigenvalue weighted by molar-refractivity contribution is -0.128. The molecule has 0 radical (unpaired) electrons. The standard InChI is InChI=1S/C21H23NO3S/c1-3-16-4-8-18(9-5-16)25-19-10-6-17(7-11-19)13-22-14-20(12-21(22)24)26-15(2)23/h4-11,20H,3,12-14H2,1-2H3/t20-/m1/s1. The number of aryl methyl sites for hydroxylation is 1. The number of hydrogen-bond donors (Lipinski definition) is 0. The van der Waals surface area contributed by atoms with Crippen molar-refractivity contribution in [2.45, 2.75) is 38.5 Å². The van der Waals surface area contributed by atoms with Gasteiger partial charge in [-0.05, 0) is 41.8 Å². The predicted octanol–water partition coefficient (Wildman–Crippen LogP) is 4.42. The highest BCUT2D eigenvalue weighted by Crippen LogP contribution is 2.27. The van der Waals surface area contributed by atoms with Crippen LogP contribution in [-0.2, 0) is 22.6 Å². The summed E-state index contributed by atoms with van der Waals surface area (Å²) >= 11 is 1.26. The van der Waals surface area contributed by atoms with E-state index in [2.05, 4.69) is 19.1 Å². The van der Waals surface area contributed by atoms with Crippen LogP contribution in [0, 0.1) is 0 Å². The van der Waals surface area contributed by atoms with Crippen molar-refractivity contribution in [3.05, 3.63) is 59.7 Å². The summed E-state index contributed by atoms with van der Waals surface area (Å²) in [6.07, 6.45) is 1.45. The van der Waals surface area contributed by atoms with E-state index in [9.17, 15) is 9.59 Å². The molecular formula is C21H23NO3S. The van der Waals surface area contributed by atoms with E-state index in [4.69, 9.17) is 4.74 Å². The summed E-state index contributed by atoms with van der Waals surface area (Å²) in [5, 5.41) is 0.145. The number of hydrogen-bond acceptors (Lipinski definition) is 4. The quantitative estimate of drug-likeness (QED) is 0.756. The van der Waals surface area contributed by atoms with E-state index in [1.807, 2.05) is 41.3 Å². The lowest BCUT2D eigenvalue weighted by Gasteiger charge is -2.16. The lowest BCUT2D eigenvalue weighted by atomic mass is 10.2. The zero-order valence-corrected chi connectivity index (χ0v) is 15.9. The number of benzene rings is 2. The Labute approximate surface area is 158 Å². The van der Waals surface area contributed by atoms with E-state index >= 15 is 0 Å². The molecule has 0 saturated carbocycles. The highest BCUT2D eigenvalue weighted by Gasteiger charge is 2.30. The van der Waals surface area contributed by atoms with E-state index in [1.54, 1.807) is 6.92 Å². The van der Waals surface area contributed by atoms with Gasteiger partial charge in [0.1, 0.15) is 11.5 Å². The first-order valence-electron chi connectivity index (χ1n) is 8.84. The van der Waals surface area contributed by atoms with Crippen LogP contribution in [0.15, 0.2) is 48.5 Å². The molecule has 2 aromatic rings. The van der Waals surface area contributed by atoms with Gasteiger partial charge in [0.05, 0.1) is 0 Å². The molecule has 1 atom stereocenters. The number of carbonyl (C=O) groups is 2. The topological polar surface area (TPSA) is 46.6 Å². The molecule has 0 aromatic heterocycles. The normalized spacial score (nSPS) is 16.8. The van der Waals surface area contributed by atoms with Crippen LogP contribution in [0.25, 0.3) is 0 Å². The Hall–Kier alpha value is -2.27. The molecule has 0 N–H and O–H groups in total. The van der Waals surface area contributed by atoms with Crippen LogP contribution in [0.5, 0.6) is 11.5 Å².